The Morgan fingerprint density at radius 3 is 3.05 bits per heavy atom. The number of nitrogens with zero attached hydrogens (tertiary/aromatic N) is 2. The third-order valence-electron chi connectivity index (χ3n) is 3.67. The number of carbonyl (C=O) groups excluding carboxylic acids is 1. The first-order valence-corrected chi connectivity index (χ1v) is 7.11. The van der Waals surface area contributed by atoms with Gasteiger partial charge in [-0.25, -0.2) is 4.98 Å². The normalized spacial score (nSPS) is 13.6. The van der Waals surface area contributed by atoms with Crippen molar-refractivity contribution >= 4 is 11.6 Å². The van der Waals surface area contributed by atoms with Crippen LogP contribution in [0.4, 0.5) is 5.69 Å². The second-order valence-electron chi connectivity index (χ2n) is 5.54. The highest BCUT2D eigenvalue weighted by Crippen LogP contribution is 2.27. The number of hydrogen-bond acceptors (Lipinski definition) is 2. The minimum atomic E-state index is -0.0159. The molecule has 3 rings (SSSR count). The smallest absolute Gasteiger partial charge is 0.226 e. The summed E-state index contributed by atoms with van der Waals surface area (Å²) in [7, 11) is 0. The molecule has 1 N–H and O–H groups in total. The van der Waals surface area contributed by atoms with Gasteiger partial charge in [0, 0.05) is 30.1 Å². The SMILES string of the molecule is CC(C)C(=O)Nc1cccc(-c2cnc3n2CCC3)c1. The lowest BCUT2D eigenvalue weighted by Gasteiger charge is -2.10. The van der Waals surface area contributed by atoms with Crippen LogP contribution in [0.2, 0.25) is 0 Å². The van der Waals surface area contributed by atoms with E-state index in [1.807, 2.05) is 38.2 Å². The van der Waals surface area contributed by atoms with Gasteiger partial charge in [-0.05, 0) is 18.6 Å². The lowest BCUT2D eigenvalue weighted by molar-refractivity contribution is -0.118. The molecule has 104 valence electrons. The molecule has 0 atom stereocenters. The topological polar surface area (TPSA) is 46.9 Å². The highest BCUT2D eigenvalue weighted by Gasteiger charge is 2.16. The zero-order chi connectivity index (χ0) is 14.1. The minimum absolute atomic E-state index is 0.0159. The quantitative estimate of drug-likeness (QED) is 0.930. The summed E-state index contributed by atoms with van der Waals surface area (Å²) in [4.78, 5) is 16.2. The molecule has 20 heavy (non-hydrogen) atoms. The van der Waals surface area contributed by atoms with Crippen molar-refractivity contribution in [3.63, 3.8) is 0 Å². The minimum Gasteiger partial charge on any atom is -0.328 e. The summed E-state index contributed by atoms with van der Waals surface area (Å²) in [5, 5.41) is 2.94. The Balaban J connectivity index is 1.89. The van der Waals surface area contributed by atoms with Crippen LogP contribution < -0.4 is 5.32 Å². The molecule has 1 aromatic carbocycles. The second kappa shape index (κ2) is 5.12. The van der Waals surface area contributed by atoms with Crippen LogP contribution in [-0.2, 0) is 17.8 Å². The van der Waals surface area contributed by atoms with Crippen molar-refractivity contribution in [1.82, 2.24) is 9.55 Å². The number of aryl methyl sites for hydroxylation is 1. The van der Waals surface area contributed by atoms with Gasteiger partial charge >= 0.3 is 0 Å². The highest BCUT2D eigenvalue weighted by atomic mass is 16.1. The van der Waals surface area contributed by atoms with Gasteiger partial charge in [0.2, 0.25) is 5.91 Å². The standard InChI is InChI=1S/C16H19N3O/c1-11(2)16(20)18-13-6-3-5-12(9-13)14-10-17-15-7-4-8-19(14)15/h3,5-6,9-11H,4,7-8H2,1-2H3,(H,18,20). The Labute approximate surface area is 118 Å². The van der Waals surface area contributed by atoms with Gasteiger partial charge in [-0.15, -0.1) is 0 Å². The zero-order valence-corrected chi connectivity index (χ0v) is 11.9. The van der Waals surface area contributed by atoms with E-state index in [0.29, 0.717) is 0 Å². The third-order valence-corrected chi connectivity index (χ3v) is 3.67. The Kier molecular flexibility index (Phi) is 3.30. The van der Waals surface area contributed by atoms with Gasteiger partial charge in [-0.2, -0.15) is 0 Å². The fourth-order valence-electron chi connectivity index (χ4n) is 2.53. The van der Waals surface area contributed by atoms with E-state index in [1.54, 1.807) is 0 Å². The molecule has 1 aliphatic rings. The van der Waals surface area contributed by atoms with E-state index in [4.69, 9.17) is 0 Å². The maximum Gasteiger partial charge on any atom is 0.226 e. The first-order valence-electron chi connectivity index (χ1n) is 7.11. The summed E-state index contributed by atoms with van der Waals surface area (Å²) < 4.78 is 2.27. The number of nitrogens with one attached hydrogen (secondary N) is 1. The molecule has 0 saturated carbocycles. The van der Waals surface area contributed by atoms with Crippen LogP contribution >= 0.6 is 0 Å². The second-order valence-corrected chi connectivity index (χ2v) is 5.54. The van der Waals surface area contributed by atoms with Gasteiger partial charge in [0.15, 0.2) is 0 Å². The molecule has 0 spiro atoms. The Bertz CT molecular complexity index is 643. The number of fused-ring (bicyclic) bond motifs is 1. The summed E-state index contributed by atoms with van der Waals surface area (Å²) >= 11 is 0. The van der Waals surface area contributed by atoms with Gasteiger partial charge in [-0.1, -0.05) is 26.0 Å². The van der Waals surface area contributed by atoms with Gasteiger partial charge < -0.3 is 9.88 Å². The van der Waals surface area contributed by atoms with Crippen LogP contribution in [0.1, 0.15) is 26.1 Å². The lowest BCUT2D eigenvalue weighted by Crippen LogP contribution is -2.17. The average Bonchev–Trinajstić information content (AvgIpc) is 3.01. The predicted octanol–water partition coefficient (Wildman–Crippen LogP) is 3.09. The maximum atomic E-state index is 11.8. The summed E-state index contributed by atoms with van der Waals surface area (Å²) in [6, 6.07) is 7.97. The summed E-state index contributed by atoms with van der Waals surface area (Å²) in [5.74, 6) is 1.19. The first kappa shape index (κ1) is 12.9. The summed E-state index contributed by atoms with van der Waals surface area (Å²) in [5.41, 5.74) is 3.08. The molecular weight excluding hydrogens is 250 g/mol. The fourth-order valence-corrected chi connectivity index (χ4v) is 2.53. The van der Waals surface area contributed by atoms with E-state index in [9.17, 15) is 4.79 Å². The van der Waals surface area contributed by atoms with Gasteiger partial charge in [0.1, 0.15) is 5.82 Å². The third kappa shape index (κ3) is 2.33. The average molecular weight is 269 g/mol. The van der Waals surface area contributed by atoms with Gasteiger partial charge in [-0.3, -0.25) is 4.79 Å². The number of anilines is 1. The van der Waals surface area contributed by atoms with E-state index in [0.717, 1.165) is 35.7 Å². The largest absolute Gasteiger partial charge is 0.328 e. The number of benzene rings is 1. The molecule has 1 amide bonds. The molecule has 2 heterocycles. The number of amides is 1. The van der Waals surface area contributed by atoms with Crippen molar-refractivity contribution in [2.45, 2.75) is 33.2 Å². The highest BCUT2D eigenvalue weighted by molar-refractivity contribution is 5.92. The van der Waals surface area contributed by atoms with Crippen molar-refractivity contribution in [1.29, 1.82) is 0 Å². The Morgan fingerprint density at radius 1 is 1.40 bits per heavy atom. The van der Waals surface area contributed by atoms with E-state index < -0.39 is 0 Å². The van der Waals surface area contributed by atoms with E-state index in [-0.39, 0.29) is 11.8 Å². The summed E-state index contributed by atoms with van der Waals surface area (Å²) in [6.07, 6.45) is 4.15. The number of imidazole rings is 1. The van der Waals surface area contributed by atoms with Crippen molar-refractivity contribution in [2.75, 3.05) is 5.32 Å². The fraction of sp³-hybridized carbons (Fsp3) is 0.375. The monoisotopic (exact) mass is 269 g/mol. The molecule has 0 saturated heterocycles. The molecule has 0 fully saturated rings. The molecular formula is C16H19N3O. The van der Waals surface area contributed by atoms with E-state index in [2.05, 4.69) is 20.9 Å². The van der Waals surface area contributed by atoms with Crippen LogP contribution in [-0.4, -0.2) is 15.5 Å². The van der Waals surface area contributed by atoms with Crippen molar-refractivity contribution in [3.8, 4) is 11.3 Å². The number of carbonyl (C=O) groups is 1. The van der Waals surface area contributed by atoms with Crippen molar-refractivity contribution < 1.29 is 4.79 Å². The number of rotatable bonds is 3. The van der Waals surface area contributed by atoms with E-state index >= 15 is 0 Å². The van der Waals surface area contributed by atoms with E-state index in [1.165, 1.54) is 6.42 Å². The molecule has 0 aliphatic carbocycles. The maximum absolute atomic E-state index is 11.8. The number of hydrogen-bond donors (Lipinski definition) is 1. The van der Waals surface area contributed by atoms with Gasteiger partial charge in [0.25, 0.3) is 0 Å². The molecule has 1 aromatic heterocycles. The predicted molar refractivity (Wildman–Crippen MR) is 79.5 cm³/mol. The molecule has 0 bridgehead atoms. The Hall–Kier alpha value is -2.10. The van der Waals surface area contributed by atoms with Crippen LogP contribution in [0.15, 0.2) is 30.5 Å². The van der Waals surface area contributed by atoms with Crippen molar-refractivity contribution in [2.24, 2.45) is 5.92 Å². The van der Waals surface area contributed by atoms with Crippen molar-refractivity contribution in [3.05, 3.63) is 36.3 Å². The zero-order valence-electron chi connectivity index (χ0n) is 11.9. The molecule has 4 heteroatoms. The lowest BCUT2D eigenvalue weighted by atomic mass is 10.1. The Morgan fingerprint density at radius 2 is 2.25 bits per heavy atom. The first-order chi connectivity index (χ1) is 9.65. The van der Waals surface area contributed by atoms with Crippen LogP contribution in [0.3, 0.4) is 0 Å². The van der Waals surface area contributed by atoms with Gasteiger partial charge in [0.05, 0.1) is 11.9 Å². The molecule has 1 aliphatic heterocycles. The molecule has 4 nitrogen and oxygen atoms in total. The number of aromatic nitrogens is 2. The molecule has 0 unspecified atom stereocenters. The summed E-state index contributed by atoms with van der Waals surface area (Å²) in [6.45, 7) is 4.82. The molecule has 0 radical (unpaired) electrons. The van der Waals surface area contributed by atoms with Crippen LogP contribution in [0, 0.1) is 5.92 Å². The van der Waals surface area contributed by atoms with Crippen LogP contribution in [0.5, 0.6) is 0 Å². The van der Waals surface area contributed by atoms with Crippen LogP contribution in [0.25, 0.3) is 11.3 Å². The molecule has 2 aromatic rings.